The van der Waals surface area contributed by atoms with Crippen molar-refractivity contribution in [2.75, 3.05) is 12.5 Å². The quantitative estimate of drug-likeness (QED) is 0.563. The summed E-state index contributed by atoms with van der Waals surface area (Å²) in [7, 11) is -6.92. The van der Waals surface area contributed by atoms with Gasteiger partial charge >= 0.3 is 0 Å². The fourth-order valence-corrected chi connectivity index (χ4v) is 0.827. The van der Waals surface area contributed by atoms with E-state index in [1.54, 1.807) is 0 Å². The maximum absolute atomic E-state index is 10.3. The summed E-state index contributed by atoms with van der Waals surface area (Å²) in [4.78, 5) is 0. The van der Waals surface area contributed by atoms with Gasteiger partial charge in [-0.25, -0.2) is 16.8 Å². The fraction of sp³-hybridized carbons (Fsp3) is 0.500. The molecule has 0 heterocycles. The molecule has 6 nitrogen and oxygen atoms in total. The molecule has 0 fully saturated rings. The lowest BCUT2D eigenvalue weighted by Crippen LogP contribution is -1.94. The molecule has 8 heteroatoms. The Balaban J connectivity index is 4.39. The smallest absolute Gasteiger partial charge is 0.205 e. The molecule has 12 heavy (non-hydrogen) atoms. The molecule has 0 aromatic heterocycles. The highest BCUT2D eigenvalue weighted by Gasteiger charge is 1.93. The molecule has 0 aliphatic rings. The second-order valence-electron chi connectivity index (χ2n) is 1.98. The molecule has 0 radical (unpaired) electrons. The van der Waals surface area contributed by atoms with E-state index < -0.39 is 20.0 Å². The van der Waals surface area contributed by atoms with Gasteiger partial charge in [-0.05, 0) is 0 Å². The van der Waals surface area contributed by atoms with Crippen LogP contribution in [0.25, 0.3) is 0 Å². The van der Waals surface area contributed by atoms with E-state index in [4.69, 9.17) is 0 Å². The molecule has 0 aliphatic carbocycles. The Labute approximate surface area is 71.1 Å². The Hall–Kier alpha value is -0.760. The molecule has 0 aromatic carbocycles. The Bertz CT molecular complexity index is 349. The van der Waals surface area contributed by atoms with Gasteiger partial charge in [-0.1, -0.05) is 0 Å². The number of sulfonamides is 2. The fourth-order valence-electron chi connectivity index (χ4n) is 0.276. The van der Waals surface area contributed by atoms with Crippen LogP contribution in [0.5, 0.6) is 0 Å². The second-order valence-corrected chi connectivity index (χ2v) is 5.33. The van der Waals surface area contributed by atoms with Gasteiger partial charge in [-0.15, -0.1) is 0 Å². The van der Waals surface area contributed by atoms with Crippen LogP contribution < -0.4 is 0 Å². The van der Waals surface area contributed by atoms with Crippen LogP contribution in [0.1, 0.15) is 0 Å². The Morgan fingerprint density at radius 3 is 1.25 bits per heavy atom. The molecule has 0 saturated carbocycles. The zero-order valence-electron chi connectivity index (χ0n) is 6.50. The zero-order valence-corrected chi connectivity index (χ0v) is 8.13. The van der Waals surface area contributed by atoms with Gasteiger partial charge in [0.25, 0.3) is 0 Å². The maximum atomic E-state index is 10.3. The van der Waals surface area contributed by atoms with E-state index in [1.807, 2.05) is 0 Å². The number of hydrogen-bond acceptors (Lipinski definition) is 4. The predicted molar refractivity (Wildman–Crippen MR) is 46.7 cm³/mol. The summed E-state index contributed by atoms with van der Waals surface area (Å²) in [5.41, 5.74) is 0. The van der Waals surface area contributed by atoms with Gasteiger partial charge in [-0.2, -0.15) is 8.80 Å². The molecule has 0 aliphatic heterocycles. The largest absolute Gasteiger partial charge is 0.250 e. The van der Waals surface area contributed by atoms with Crippen molar-refractivity contribution in [1.82, 2.24) is 0 Å². The molecule has 0 rings (SSSR count). The SMILES string of the molecule is CS(=O)(=O)/N=C/C=N/S(C)(=O)=O. The van der Waals surface area contributed by atoms with E-state index in [1.165, 1.54) is 0 Å². The normalized spacial score (nSPS) is 14.5. The highest BCUT2D eigenvalue weighted by Crippen LogP contribution is 1.82. The van der Waals surface area contributed by atoms with Crippen LogP contribution in [-0.2, 0) is 20.0 Å². The molecule has 0 bridgehead atoms. The van der Waals surface area contributed by atoms with Gasteiger partial charge in [-0.3, -0.25) is 0 Å². The molecular formula is C4H8N2O4S2. The van der Waals surface area contributed by atoms with E-state index in [2.05, 4.69) is 8.80 Å². The highest BCUT2D eigenvalue weighted by atomic mass is 32.2. The average molecular weight is 212 g/mol. The van der Waals surface area contributed by atoms with Crippen LogP contribution in [0.2, 0.25) is 0 Å². The van der Waals surface area contributed by atoms with Crippen LogP contribution in [0.3, 0.4) is 0 Å². The Morgan fingerprint density at radius 1 is 0.833 bits per heavy atom. The zero-order chi connectivity index (χ0) is 9.83. The number of nitrogens with zero attached hydrogens (tertiary/aromatic N) is 2. The monoisotopic (exact) mass is 212 g/mol. The minimum absolute atomic E-state index is 0.802. The van der Waals surface area contributed by atoms with Crippen LogP contribution in [0.15, 0.2) is 8.80 Å². The van der Waals surface area contributed by atoms with Gasteiger partial charge in [0.2, 0.25) is 20.0 Å². The third-order valence-electron chi connectivity index (χ3n) is 0.571. The minimum atomic E-state index is -3.46. The summed E-state index contributed by atoms with van der Waals surface area (Å²) in [5, 5.41) is 0. The van der Waals surface area contributed by atoms with Crippen LogP contribution in [0.4, 0.5) is 0 Å². The van der Waals surface area contributed by atoms with Crippen molar-refractivity contribution >= 4 is 32.5 Å². The maximum Gasteiger partial charge on any atom is 0.250 e. The Morgan fingerprint density at radius 2 is 1.08 bits per heavy atom. The standard InChI is InChI=1S/C4H8N2O4S2/c1-11(7,8)5-3-4-6-12(2,9)10/h3-4H,1-2H3/b5-3+,6-4+. The van der Waals surface area contributed by atoms with E-state index in [0.29, 0.717) is 0 Å². The summed E-state index contributed by atoms with van der Waals surface area (Å²) >= 11 is 0. The minimum Gasteiger partial charge on any atom is -0.205 e. The van der Waals surface area contributed by atoms with Gasteiger partial charge in [0.05, 0.1) is 24.9 Å². The molecule has 70 valence electrons. The number of hydrogen-bond donors (Lipinski definition) is 0. The third kappa shape index (κ3) is 9.24. The molecule has 0 saturated heterocycles. The van der Waals surface area contributed by atoms with E-state index in [0.717, 1.165) is 24.9 Å². The number of rotatable bonds is 3. The topological polar surface area (TPSA) is 93.0 Å². The van der Waals surface area contributed by atoms with Crippen LogP contribution >= 0.6 is 0 Å². The van der Waals surface area contributed by atoms with Crippen molar-refractivity contribution in [2.45, 2.75) is 0 Å². The van der Waals surface area contributed by atoms with E-state index in [-0.39, 0.29) is 0 Å². The van der Waals surface area contributed by atoms with Crippen molar-refractivity contribution in [3.8, 4) is 0 Å². The van der Waals surface area contributed by atoms with Crippen molar-refractivity contribution in [1.29, 1.82) is 0 Å². The molecule has 0 spiro atoms. The first kappa shape index (κ1) is 11.2. The van der Waals surface area contributed by atoms with Crippen molar-refractivity contribution < 1.29 is 16.8 Å². The molecule has 0 atom stereocenters. The molecule has 0 amide bonds. The van der Waals surface area contributed by atoms with Crippen molar-refractivity contribution in [3.05, 3.63) is 0 Å². The van der Waals surface area contributed by atoms with Crippen molar-refractivity contribution in [3.63, 3.8) is 0 Å². The van der Waals surface area contributed by atoms with Gasteiger partial charge in [0.1, 0.15) is 0 Å². The lowest BCUT2D eigenvalue weighted by atomic mass is 10.9. The first-order chi connectivity index (χ1) is 5.21. The van der Waals surface area contributed by atoms with E-state index >= 15 is 0 Å². The molecule has 0 N–H and O–H groups in total. The lowest BCUT2D eigenvalue weighted by molar-refractivity contribution is 0.602. The highest BCUT2D eigenvalue weighted by molar-refractivity contribution is 7.90. The third-order valence-corrected chi connectivity index (χ3v) is 1.58. The summed E-state index contributed by atoms with van der Waals surface area (Å²) < 4.78 is 47.4. The van der Waals surface area contributed by atoms with Gasteiger partial charge < -0.3 is 0 Å². The summed E-state index contributed by atoms with van der Waals surface area (Å²) in [6.07, 6.45) is 3.38. The van der Waals surface area contributed by atoms with E-state index in [9.17, 15) is 16.8 Å². The van der Waals surface area contributed by atoms with Gasteiger partial charge in [0, 0.05) is 0 Å². The summed E-state index contributed by atoms with van der Waals surface area (Å²) in [6, 6.07) is 0. The Kier molecular flexibility index (Phi) is 3.53. The summed E-state index contributed by atoms with van der Waals surface area (Å²) in [5.74, 6) is 0. The summed E-state index contributed by atoms with van der Waals surface area (Å²) in [6.45, 7) is 0. The first-order valence-corrected chi connectivity index (χ1v) is 6.39. The molecule has 0 unspecified atom stereocenters. The van der Waals surface area contributed by atoms with Crippen molar-refractivity contribution in [2.24, 2.45) is 8.80 Å². The second kappa shape index (κ2) is 3.76. The molecule has 0 aromatic rings. The lowest BCUT2D eigenvalue weighted by Gasteiger charge is -1.82. The van der Waals surface area contributed by atoms with Crippen LogP contribution in [0, 0.1) is 0 Å². The predicted octanol–water partition coefficient (Wildman–Crippen LogP) is -0.953. The van der Waals surface area contributed by atoms with Gasteiger partial charge in [0.15, 0.2) is 0 Å². The average Bonchev–Trinajstić information content (AvgIpc) is 1.76. The van der Waals surface area contributed by atoms with Crippen LogP contribution in [-0.4, -0.2) is 41.8 Å². The first-order valence-electron chi connectivity index (χ1n) is 2.70. The molecular weight excluding hydrogens is 204 g/mol.